The molecule has 0 spiro atoms. The highest BCUT2D eigenvalue weighted by molar-refractivity contribution is 5.20. The number of halogens is 1. The van der Waals surface area contributed by atoms with Gasteiger partial charge in [0, 0.05) is 18.0 Å². The average Bonchev–Trinajstić information content (AvgIpc) is 2.77. The molecule has 0 fully saturated rings. The third kappa shape index (κ3) is 2.56. The van der Waals surface area contributed by atoms with Gasteiger partial charge < -0.3 is 5.11 Å². The lowest BCUT2D eigenvalue weighted by atomic mass is 10.1. The lowest BCUT2D eigenvalue weighted by Crippen LogP contribution is -2.12. The summed E-state index contributed by atoms with van der Waals surface area (Å²) in [5.74, 6) is 0.251. The third-order valence-corrected chi connectivity index (χ3v) is 2.78. The fraction of sp³-hybridized carbons (Fsp3) is 0.385. The Morgan fingerprint density at radius 2 is 2.06 bits per heavy atom. The van der Waals surface area contributed by atoms with E-state index < -0.39 is 11.9 Å². The minimum atomic E-state index is -0.909. The number of aliphatic hydroxyl groups excluding tert-OH is 1. The van der Waals surface area contributed by atoms with Crippen LogP contribution in [0, 0.1) is 5.82 Å². The minimum Gasteiger partial charge on any atom is -0.388 e. The van der Waals surface area contributed by atoms with Crippen molar-refractivity contribution in [3.8, 4) is 0 Å². The third-order valence-electron chi connectivity index (χ3n) is 2.78. The van der Waals surface area contributed by atoms with Gasteiger partial charge in [0.05, 0.1) is 6.10 Å². The van der Waals surface area contributed by atoms with Crippen molar-refractivity contribution in [2.24, 2.45) is 0 Å². The SMILES string of the molecule is CC(C)n1ncnc1CC(O)c1ccccc1F. The topological polar surface area (TPSA) is 50.9 Å². The predicted octanol–water partition coefficient (Wildman–Crippen LogP) is 2.27. The van der Waals surface area contributed by atoms with Crippen LogP contribution in [0.1, 0.15) is 37.4 Å². The molecule has 5 heteroatoms. The van der Waals surface area contributed by atoms with Crippen molar-refractivity contribution < 1.29 is 9.50 Å². The van der Waals surface area contributed by atoms with Gasteiger partial charge >= 0.3 is 0 Å². The van der Waals surface area contributed by atoms with Gasteiger partial charge in [0.1, 0.15) is 18.0 Å². The van der Waals surface area contributed by atoms with E-state index in [1.54, 1.807) is 22.9 Å². The molecule has 0 aliphatic carbocycles. The Balaban J connectivity index is 2.19. The van der Waals surface area contributed by atoms with Gasteiger partial charge in [-0.25, -0.2) is 14.1 Å². The highest BCUT2D eigenvalue weighted by Crippen LogP contribution is 2.20. The summed E-state index contributed by atoms with van der Waals surface area (Å²) in [4.78, 5) is 4.10. The quantitative estimate of drug-likeness (QED) is 0.904. The van der Waals surface area contributed by atoms with E-state index >= 15 is 0 Å². The molecule has 0 radical (unpaired) electrons. The molecule has 1 N–H and O–H groups in total. The summed E-state index contributed by atoms with van der Waals surface area (Å²) in [6.45, 7) is 3.96. The maximum absolute atomic E-state index is 13.5. The van der Waals surface area contributed by atoms with Crippen molar-refractivity contribution in [1.82, 2.24) is 14.8 Å². The van der Waals surface area contributed by atoms with Gasteiger partial charge in [-0.1, -0.05) is 18.2 Å². The van der Waals surface area contributed by atoms with Gasteiger partial charge in [-0.05, 0) is 19.9 Å². The van der Waals surface area contributed by atoms with E-state index in [1.165, 1.54) is 12.4 Å². The predicted molar refractivity (Wildman–Crippen MR) is 65.5 cm³/mol. The first kappa shape index (κ1) is 12.7. The normalized spacial score (nSPS) is 12.9. The molecule has 1 heterocycles. The van der Waals surface area contributed by atoms with Crippen LogP contribution in [0.15, 0.2) is 30.6 Å². The first-order valence-electron chi connectivity index (χ1n) is 5.90. The van der Waals surface area contributed by atoms with Crippen LogP contribution in [0.3, 0.4) is 0 Å². The Labute approximate surface area is 105 Å². The fourth-order valence-electron chi connectivity index (χ4n) is 1.88. The maximum atomic E-state index is 13.5. The Hall–Kier alpha value is -1.75. The van der Waals surface area contributed by atoms with Crippen molar-refractivity contribution in [3.63, 3.8) is 0 Å². The fourth-order valence-corrected chi connectivity index (χ4v) is 1.88. The molecule has 2 aromatic rings. The second kappa shape index (κ2) is 5.27. The van der Waals surface area contributed by atoms with Crippen LogP contribution in [0.4, 0.5) is 4.39 Å². The van der Waals surface area contributed by atoms with Gasteiger partial charge in [0.2, 0.25) is 0 Å². The molecule has 4 nitrogen and oxygen atoms in total. The van der Waals surface area contributed by atoms with E-state index in [1.807, 2.05) is 13.8 Å². The molecule has 0 amide bonds. The summed E-state index contributed by atoms with van der Waals surface area (Å²) in [6.07, 6.45) is 0.788. The zero-order valence-electron chi connectivity index (χ0n) is 10.4. The Kier molecular flexibility index (Phi) is 3.72. The number of hydrogen-bond acceptors (Lipinski definition) is 3. The van der Waals surface area contributed by atoms with Crippen LogP contribution >= 0.6 is 0 Å². The first-order chi connectivity index (χ1) is 8.59. The molecule has 1 unspecified atom stereocenters. The Morgan fingerprint density at radius 1 is 1.33 bits per heavy atom. The summed E-state index contributed by atoms with van der Waals surface area (Å²) in [6, 6.07) is 6.38. The molecule has 0 aliphatic heterocycles. The number of benzene rings is 1. The van der Waals surface area contributed by atoms with Crippen LogP contribution in [0.2, 0.25) is 0 Å². The monoisotopic (exact) mass is 249 g/mol. The molecule has 1 aromatic heterocycles. The van der Waals surface area contributed by atoms with Gasteiger partial charge in [0.25, 0.3) is 0 Å². The molecule has 96 valence electrons. The molecule has 2 rings (SSSR count). The molecular weight excluding hydrogens is 233 g/mol. The number of hydrogen-bond donors (Lipinski definition) is 1. The minimum absolute atomic E-state index is 0.162. The van der Waals surface area contributed by atoms with Gasteiger partial charge in [-0.15, -0.1) is 0 Å². The molecule has 1 atom stereocenters. The highest BCUT2D eigenvalue weighted by atomic mass is 19.1. The zero-order chi connectivity index (χ0) is 13.1. The number of aliphatic hydroxyl groups is 1. The van der Waals surface area contributed by atoms with Crippen molar-refractivity contribution in [2.45, 2.75) is 32.4 Å². The van der Waals surface area contributed by atoms with Crippen molar-refractivity contribution in [1.29, 1.82) is 0 Å². The maximum Gasteiger partial charge on any atom is 0.138 e. The van der Waals surface area contributed by atoms with Gasteiger partial charge in [-0.3, -0.25) is 0 Å². The average molecular weight is 249 g/mol. The largest absolute Gasteiger partial charge is 0.388 e. The molecule has 0 saturated heterocycles. The number of aromatic nitrogens is 3. The second-order valence-corrected chi connectivity index (χ2v) is 4.46. The lowest BCUT2D eigenvalue weighted by molar-refractivity contribution is 0.168. The molecular formula is C13H16FN3O. The number of rotatable bonds is 4. The summed E-state index contributed by atoms with van der Waals surface area (Å²) in [5, 5.41) is 14.1. The van der Waals surface area contributed by atoms with Crippen molar-refractivity contribution in [2.75, 3.05) is 0 Å². The summed E-state index contributed by atoms with van der Waals surface area (Å²) >= 11 is 0. The second-order valence-electron chi connectivity index (χ2n) is 4.46. The standard InChI is InChI=1S/C13H16FN3O/c1-9(2)17-13(15-8-16-17)7-12(18)10-5-3-4-6-11(10)14/h3-6,8-9,12,18H,7H2,1-2H3. The van der Waals surface area contributed by atoms with Gasteiger partial charge in [-0.2, -0.15) is 5.10 Å². The summed E-state index contributed by atoms with van der Waals surface area (Å²) in [5.41, 5.74) is 0.288. The summed E-state index contributed by atoms with van der Waals surface area (Å²) < 4.78 is 15.3. The van der Waals surface area contributed by atoms with E-state index in [9.17, 15) is 9.50 Å². The molecule has 0 bridgehead atoms. The van der Waals surface area contributed by atoms with E-state index in [4.69, 9.17) is 0 Å². The summed E-state index contributed by atoms with van der Waals surface area (Å²) in [7, 11) is 0. The van der Waals surface area contributed by atoms with E-state index in [0.29, 0.717) is 5.82 Å². The Bertz CT molecular complexity index is 524. The molecule has 0 saturated carbocycles. The molecule has 18 heavy (non-hydrogen) atoms. The number of nitrogens with zero attached hydrogens (tertiary/aromatic N) is 3. The van der Waals surface area contributed by atoms with Crippen LogP contribution in [-0.4, -0.2) is 19.9 Å². The smallest absolute Gasteiger partial charge is 0.138 e. The van der Waals surface area contributed by atoms with E-state index in [-0.39, 0.29) is 18.0 Å². The Morgan fingerprint density at radius 3 is 2.72 bits per heavy atom. The van der Waals surface area contributed by atoms with Crippen LogP contribution in [0.5, 0.6) is 0 Å². The zero-order valence-corrected chi connectivity index (χ0v) is 10.4. The van der Waals surface area contributed by atoms with E-state index in [2.05, 4.69) is 10.1 Å². The lowest BCUT2D eigenvalue weighted by Gasteiger charge is -2.14. The first-order valence-corrected chi connectivity index (χ1v) is 5.90. The van der Waals surface area contributed by atoms with E-state index in [0.717, 1.165) is 0 Å². The molecule has 0 aliphatic rings. The van der Waals surface area contributed by atoms with Crippen molar-refractivity contribution in [3.05, 3.63) is 47.8 Å². The van der Waals surface area contributed by atoms with Crippen LogP contribution < -0.4 is 0 Å². The highest BCUT2D eigenvalue weighted by Gasteiger charge is 2.17. The van der Waals surface area contributed by atoms with Crippen LogP contribution in [0.25, 0.3) is 0 Å². The molecule has 1 aromatic carbocycles. The van der Waals surface area contributed by atoms with Gasteiger partial charge in [0.15, 0.2) is 0 Å². The van der Waals surface area contributed by atoms with Crippen molar-refractivity contribution >= 4 is 0 Å². The van der Waals surface area contributed by atoms with Crippen LogP contribution in [-0.2, 0) is 6.42 Å².